The molecule has 0 aromatic heterocycles. The summed E-state index contributed by atoms with van der Waals surface area (Å²) >= 11 is 4.81. The number of carbonyl (C=O) groups is 1. The fraction of sp³-hybridized carbons (Fsp3) is 0.778. The average molecular weight is 202 g/mol. The molecule has 0 heterocycles. The van der Waals surface area contributed by atoms with Gasteiger partial charge in [-0.2, -0.15) is 0 Å². The third kappa shape index (κ3) is 4.22. The van der Waals surface area contributed by atoms with Crippen molar-refractivity contribution in [1.29, 1.82) is 0 Å². The predicted molar refractivity (Wildman–Crippen MR) is 58.5 cm³/mol. The smallest absolute Gasteiger partial charge is 0.222 e. The zero-order chi connectivity index (χ0) is 10.4. The number of unbranched alkanes of at least 4 members (excludes halogenated alkanes) is 1. The minimum absolute atomic E-state index is 0.113. The van der Waals surface area contributed by atoms with Crippen molar-refractivity contribution in [1.82, 2.24) is 4.90 Å². The first-order chi connectivity index (χ1) is 6.00. The Bertz CT molecular complexity index is 194. The summed E-state index contributed by atoms with van der Waals surface area (Å²) in [4.78, 5) is 13.4. The fourth-order valence-corrected chi connectivity index (χ4v) is 1.07. The molecule has 76 valence electrons. The number of nitrogens with two attached hydrogens (primary N) is 1. The van der Waals surface area contributed by atoms with Gasteiger partial charge in [0.2, 0.25) is 5.91 Å². The molecule has 4 heteroatoms. The summed E-state index contributed by atoms with van der Waals surface area (Å²) in [6, 6.07) is -0.139. The summed E-state index contributed by atoms with van der Waals surface area (Å²) in [5, 5.41) is 0. The first kappa shape index (κ1) is 12.4. The minimum atomic E-state index is -0.139. The second-order valence-corrected chi connectivity index (χ2v) is 3.66. The van der Waals surface area contributed by atoms with Gasteiger partial charge in [-0.25, -0.2) is 0 Å². The van der Waals surface area contributed by atoms with E-state index in [0.717, 1.165) is 12.8 Å². The third-order valence-corrected chi connectivity index (χ3v) is 2.47. The summed E-state index contributed by atoms with van der Waals surface area (Å²) < 4.78 is 0. The van der Waals surface area contributed by atoms with Gasteiger partial charge < -0.3 is 10.6 Å². The largest absolute Gasteiger partial charge is 0.392 e. The standard InChI is InChI=1S/C9H18N2OS/c1-4-5-6-8(12)11(3)7(2)9(10)13/h7H,4-6H2,1-3H3,(H2,10,13). The van der Waals surface area contributed by atoms with Gasteiger partial charge in [-0.1, -0.05) is 25.6 Å². The highest BCUT2D eigenvalue weighted by Gasteiger charge is 2.16. The molecule has 0 fully saturated rings. The number of hydrogen-bond acceptors (Lipinski definition) is 2. The number of nitrogens with zero attached hydrogens (tertiary/aromatic N) is 1. The molecule has 0 spiro atoms. The maximum Gasteiger partial charge on any atom is 0.222 e. The molecule has 0 aliphatic rings. The topological polar surface area (TPSA) is 46.3 Å². The molecule has 0 bridgehead atoms. The molecular weight excluding hydrogens is 184 g/mol. The molecule has 1 amide bonds. The highest BCUT2D eigenvalue weighted by molar-refractivity contribution is 7.80. The van der Waals surface area contributed by atoms with Crippen LogP contribution in [0.1, 0.15) is 33.1 Å². The van der Waals surface area contributed by atoms with E-state index in [2.05, 4.69) is 6.92 Å². The second-order valence-electron chi connectivity index (χ2n) is 3.19. The van der Waals surface area contributed by atoms with Crippen LogP contribution in [-0.4, -0.2) is 28.9 Å². The average Bonchev–Trinajstić information content (AvgIpc) is 2.11. The lowest BCUT2D eigenvalue weighted by Crippen LogP contribution is -2.42. The second kappa shape index (κ2) is 5.91. The van der Waals surface area contributed by atoms with Crippen LogP contribution in [0.15, 0.2) is 0 Å². The van der Waals surface area contributed by atoms with Crippen molar-refractivity contribution in [2.75, 3.05) is 7.05 Å². The molecule has 0 aliphatic heterocycles. The molecule has 0 saturated heterocycles. The SMILES string of the molecule is CCCCC(=O)N(C)C(C)C(N)=S. The van der Waals surface area contributed by atoms with Crippen LogP contribution in [0.4, 0.5) is 0 Å². The van der Waals surface area contributed by atoms with E-state index in [1.54, 1.807) is 11.9 Å². The van der Waals surface area contributed by atoms with Crippen LogP contribution in [0.3, 0.4) is 0 Å². The summed E-state index contributed by atoms with van der Waals surface area (Å²) in [5.41, 5.74) is 5.44. The zero-order valence-corrected chi connectivity index (χ0v) is 9.36. The molecule has 0 rings (SSSR count). The van der Waals surface area contributed by atoms with Crippen molar-refractivity contribution in [2.45, 2.75) is 39.2 Å². The fourth-order valence-electron chi connectivity index (χ4n) is 0.911. The summed E-state index contributed by atoms with van der Waals surface area (Å²) in [6.07, 6.45) is 2.54. The molecule has 0 radical (unpaired) electrons. The molecular formula is C9H18N2OS. The number of amides is 1. The van der Waals surface area contributed by atoms with Crippen LogP contribution in [-0.2, 0) is 4.79 Å². The molecule has 1 unspecified atom stereocenters. The van der Waals surface area contributed by atoms with Crippen molar-refractivity contribution >= 4 is 23.1 Å². The van der Waals surface area contributed by atoms with Gasteiger partial charge in [0.15, 0.2) is 0 Å². The van der Waals surface area contributed by atoms with E-state index >= 15 is 0 Å². The van der Waals surface area contributed by atoms with Gasteiger partial charge in [0.25, 0.3) is 0 Å². The van der Waals surface area contributed by atoms with E-state index < -0.39 is 0 Å². The van der Waals surface area contributed by atoms with E-state index in [1.165, 1.54) is 0 Å². The van der Waals surface area contributed by atoms with E-state index in [1.807, 2.05) is 6.92 Å². The monoisotopic (exact) mass is 202 g/mol. The van der Waals surface area contributed by atoms with Gasteiger partial charge in [0.05, 0.1) is 11.0 Å². The number of hydrogen-bond donors (Lipinski definition) is 1. The molecule has 3 nitrogen and oxygen atoms in total. The first-order valence-electron chi connectivity index (χ1n) is 4.55. The Labute approximate surface area is 85.3 Å². The molecule has 0 aliphatic carbocycles. The minimum Gasteiger partial charge on any atom is -0.392 e. The van der Waals surface area contributed by atoms with Gasteiger partial charge in [0, 0.05) is 13.5 Å². The Morgan fingerprint density at radius 1 is 1.62 bits per heavy atom. The predicted octanol–water partition coefficient (Wildman–Crippen LogP) is 1.31. The summed E-state index contributed by atoms with van der Waals surface area (Å²) in [5.74, 6) is 0.113. The van der Waals surface area contributed by atoms with Crippen LogP contribution in [0.5, 0.6) is 0 Å². The molecule has 1 atom stereocenters. The van der Waals surface area contributed by atoms with Crippen LogP contribution < -0.4 is 5.73 Å². The molecule has 0 aromatic carbocycles. The van der Waals surface area contributed by atoms with Gasteiger partial charge in [-0.15, -0.1) is 0 Å². The molecule has 2 N–H and O–H groups in total. The number of thiocarbonyl (C=S) groups is 1. The normalized spacial score (nSPS) is 12.2. The van der Waals surface area contributed by atoms with Crippen LogP contribution in [0.25, 0.3) is 0 Å². The van der Waals surface area contributed by atoms with Crippen LogP contribution in [0, 0.1) is 0 Å². The lowest BCUT2D eigenvalue weighted by molar-refractivity contribution is -0.130. The van der Waals surface area contributed by atoms with Crippen molar-refractivity contribution in [3.8, 4) is 0 Å². The van der Waals surface area contributed by atoms with E-state index in [0.29, 0.717) is 11.4 Å². The lowest BCUT2D eigenvalue weighted by atomic mass is 10.2. The maximum atomic E-state index is 11.5. The number of likely N-dealkylation sites (N-methyl/N-ethyl adjacent to an activating group) is 1. The zero-order valence-electron chi connectivity index (χ0n) is 8.54. The molecule has 0 saturated carbocycles. The Balaban J connectivity index is 4.01. The summed E-state index contributed by atoms with van der Waals surface area (Å²) in [6.45, 7) is 3.90. The Kier molecular flexibility index (Phi) is 5.62. The van der Waals surface area contributed by atoms with Crippen LogP contribution in [0.2, 0.25) is 0 Å². The third-order valence-electron chi connectivity index (χ3n) is 2.13. The highest BCUT2D eigenvalue weighted by Crippen LogP contribution is 2.03. The van der Waals surface area contributed by atoms with E-state index in [4.69, 9.17) is 18.0 Å². The summed E-state index contributed by atoms with van der Waals surface area (Å²) in [7, 11) is 1.74. The van der Waals surface area contributed by atoms with Gasteiger partial charge in [-0.3, -0.25) is 4.79 Å². The van der Waals surface area contributed by atoms with Crippen LogP contribution >= 0.6 is 12.2 Å². The van der Waals surface area contributed by atoms with Gasteiger partial charge in [-0.05, 0) is 13.3 Å². The van der Waals surface area contributed by atoms with Crippen molar-refractivity contribution in [3.05, 3.63) is 0 Å². The van der Waals surface area contributed by atoms with Gasteiger partial charge in [0.1, 0.15) is 0 Å². The Morgan fingerprint density at radius 2 is 2.15 bits per heavy atom. The number of carbonyl (C=O) groups excluding carboxylic acids is 1. The first-order valence-corrected chi connectivity index (χ1v) is 4.96. The lowest BCUT2D eigenvalue weighted by Gasteiger charge is -2.23. The quantitative estimate of drug-likeness (QED) is 0.684. The Hall–Kier alpha value is -0.640. The molecule has 13 heavy (non-hydrogen) atoms. The maximum absolute atomic E-state index is 11.5. The Morgan fingerprint density at radius 3 is 2.54 bits per heavy atom. The number of rotatable bonds is 5. The highest BCUT2D eigenvalue weighted by atomic mass is 32.1. The van der Waals surface area contributed by atoms with Crippen molar-refractivity contribution < 1.29 is 4.79 Å². The van der Waals surface area contributed by atoms with Crippen molar-refractivity contribution in [2.24, 2.45) is 5.73 Å². The van der Waals surface area contributed by atoms with Crippen molar-refractivity contribution in [3.63, 3.8) is 0 Å². The molecule has 0 aromatic rings. The van der Waals surface area contributed by atoms with Gasteiger partial charge >= 0.3 is 0 Å². The van der Waals surface area contributed by atoms with E-state index in [9.17, 15) is 4.79 Å². The van der Waals surface area contributed by atoms with E-state index in [-0.39, 0.29) is 11.9 Å².